The molecule has 0 nitrogen and oxygen atoms in total. The van der Waals surface area contributed by atoms with Gasteiger partial charge in [-0.1, -0.05) is 34.1 Å². The van der Waals surface area contributed by atoms with Gasteiger partial charge < -0.3 is 0 Å². The summed E-state index contributed by atoms with van der Waals surface area (Å²) >= 11 is 0. The molecule has 1 rings (SSSR count). The highest BCUT2D eigenvalue weighted by molar-refractivity contribution is 6.32. The highest BCUT2D eigenvalue weighted by Gasteiger charge is 2.29. The van der Waals surface area contributed by atoms with Gasteiger partial charge >= 0.3 is 0 Å². The molecule has 0 aliphatic heterocycles. The molecule has 0 atom stereocenters. The summed E-state index contributed by atoms with van der Waals surface area (Å²) in [5, 5.41) is -1.54. The largest absolute Gasteiger partial charge is 0.204 e. The topological polar surface area (TPSA) is 0 Å². The number of halogens is 4. The van der Waals surface area contributed by atoms with E-state index in [-0.39, 0.29) is 0 Å². The highest BCUT2D eigenvalue weighted by Crippen LogP contribution is 2.27. The van der Waals surface area contributed by atoms with Crippen LogP contribution in [0.1, 0.15) is 39.7 Å². The smallest absolute Gasteiger partial charge is 0.164 e. The van der Waals surface area contributed by atoms with Gasteiger partial charge in [-0.05, 0) is 10.8 Å². The van der Waals surface area contributed by atoms with E-state index in [1.165, 1.54) is 20.3 Å². The maximum atomic E-state index is 13.3. The average molecular weight is 256 g/mol. The molecule has 0 aliphatic carbocycles. The molecule has 6 heteroatoms. The quantitative estimate of drug-likeness (QED) is 0.411. The molecule has 0 aromatic heterocycles. The van der Waals surface area contributed by atoms with Crippen molar-refractivity contribution in [2.75, 3.05) is 0 Å². The van der Waals surface area contributed by atoms with E-state index in [1.807, 2.05) is 0 Å². The summed E-state index contributed by atoms with van der Waals surface area (Å²) in [6, 6.07) is 0. The Labute approximate surface area is 108 Å². The molecule has 1 aromatic rings. The van der Waals surface area contributed by atoms with Gasteiger partial charge in [0.15, 0.2) is 23.3 Å². The van der Waals surface area contributed by atoms with Crippen LogP contribution in [0.2, 0.25) is 0 Å². The molecule has 0 fully saturated rings. The monoisotopic (exact) mass is 256 g/mol. The molecule has 0 amide bonds. The third-order valence-corrected chi connectivity index (χ3v) is 1.94. The van der Waals surface area contributed by atoms with Crippen LogP contribution in [-0.2, 0) is 5.31 Å². The molecule has 18 heavy (non-hydrogen) atoms. The minimum absolute atomic E-state index is 0.855. The lowest BCUT2D eigenvalue weighted by molar-refractivity contribution is 0.433. The number of hydrogen-bond acceptors (Lipinski definition) is 0. The van der Waals surface area contributed by atoms with E-state index in [4.69, 9.17) is 15.7 Å². The van der Waals surface area contributed by atoms with Crippen LogP contribution in [0.5, 0.6) is 0 Å². The summed E-state index contributed by atoms with van der Waals surface area (Å²) < 4.78 is 52.5. The Bertz CT molecular complexity index is 396. The molecule has 0 N–H and O–H groups in total. The average Bonchev–Trinajstić information content (AvgIpc) is 2.23. The summed E-state index contributed by atoms with van der Waals surface area (Å²) in [4.78, 5) is 0. The van der Waals surface area contributed by atoms with Crippen LogP contribution in [0.25, 0.3) is 0 Å². The van der Waals surface area contributed by atoms with Gasteiger partial charge in [0.25, 0.3) is 0 Å². The Hall–Kier alpha value is -0.930. The Balaban J connectivity index is 0.000000873. The van der Waals surface area contributed by atoms with Crippen molar-refractivity contribution in [1.82, 2.24) is 0 Å². The van der Waals surface area contributed by atoms with Crippen LogP contribution in [0, 0.1) is 23.3 Å². The Kier molecular flexibility index (Phi) is 5.97. The maximum Gasteiger partial charge on any atom is 0.164 e. The SMILES string of the molecule is CCC.[B]c1c(F)c(F)c(C([B])(C)C)c(F)c1F. The lowest BCUT2D eigenvalue weighted by atomic mass is 9.66. The molecule has 0 unspecified atom stereocenters. The standard InChI is InChI=1S/C9H6B2F4.C3H8/c1-9(2,11)3-5(12)7(14)4(10)8(15)6(3)13;1-3-2/h1-2H3;3H2,1-2H3. The van der Waals surface area contributed by atoms with Gasteiger partial charge in [-0.3, -0.25) is 0 Å². The van der Waals surface area contributed by atoms with Gasteiger partial charge in [-0.2, -0.15) is 0 Å². The van der Waals surface area contributed by atoms with Crippen LogP contribution in [0.3, 0.4) is 0 Å². The minimum Gasteiger partial charge on any atom is -0.204 e. The normalized spacial score (nSPS) is 10.9. The fourth-order valence-electron chi connectivity index (χ4n) is 1.21. The first-order valence-corrected chi connectivity index (χ1v) is 5.50. The third-order valence-electron chi connectivity index (χ3n) is 1.94. The summed E-state index contributed by atoms with van der Waals surface area (Å²) in [6.07, 6.45) is 1.25. The van der Waals surface area contributed by atoms with E-state index >= 15 is 0 Å². The molecule has 0 bridgehead atoms. The van der Waals surface area contributed by atoms with Gasteiger partial charge in [0.2, 0.25) is 0 Å². The summed E-state index contributed by atoms with van der Waals surface area (Å²) in [7, 11) is 10.2. The lowest BCUT2D eigenvalue weighted by Crippen LogP contribution is -2.28. The zero-order valence-corrected chi connectivity index (χ0v) is 10.9. The van der Waals surface area contributed by atoms with Crippen molar-refractivity contribution >= 4 is 21.2 Å². The Morgan fingerprint density at radius 2 is 1.17 bits per heavy atom. The fourth-order valence-corrected chi connectivity index (χ4v) is 1.21. The Morgan fingerprint density at radius 1 is 0.889 bits per heavy atom. The zero-order chi connectivity index (χ0) is 14.7. The number of rotatable bonds is 1. The molecule has 96 valence electrons. The predicted molar refractivity (Wildman–Crippen MR) is 66.4 cm³/mol. The van der Waals surface area contributed by atoms with Gasteiger partial charge in [-0.15, -0.1) is 0 Å². The lowest BCUT2D eigenvalue weighted by Gasteiger charge is -2.22. The maximum absolute atomic E-state index is 13.3. The summed E-state index contributed by atoms with van der Waals surface area (Å²) in [5.74, 6) is -6.36. The van der Waals surface area contributed by atoms with Crippen LogP contribution in [0.15, 0.2) is 0 Å². The second-order valence-corrected chi connectivity index (χ2v) is 4.47. The molecule has 0 saturated heterocycles. The van der Waals surface area contributed by atoms with Gasteiger partial charge in [-0.25, -0.2) is 17.6 Å². The van der Waals surface area contributed by atoms with Gasteiger partial charge in [0, 0.05) is 5.56 Å². The number of hydrogen-bond donors (Lipinski definition) is 0. The molecule has 0 saturated carbocycles. The van der Waals surface area contributed by atoms with Gasteiger partial charge in [0.05, 0.1) is 7.85 Å². The molecular formula is C12H14B2F4. The molecule has 1 aromatic carbocycles. The molecule has 0 heterocycles. The van der Waals surface area contributed by atoms with E-state index in [0.29, 0.717) is 0 Å². The van der Waals surface area contributed by atoms with Crippen molar-refractivity contribution in [1.29, 1.82) is 0 Å². The van der Waals surface area contributed by atoms with Crippen molar-refractivity contribution in [2.45, 2.75) is 39.4 Å². The molecule has 4 radical (unpaired) electrons. The second-order valence-electron chi connectivity index (χ2n) is 4.47. The fraction of sp³-hybridized carbons (Fsp3) is 0.500. The zero-order valence-electron chi connectivity index (χ0n) is 10.9. The van der Waals surface area contributed by atoms with E-state index in [9.17, 15) is 17.6 Å². The van der Waals surface area contributed by atoms with E-state index in [0.717, 1.165) is 0 Å². The van der Waals surface area contributed by atoms with E-state index in [1.54, 1.807) is 0 Å². The van der Waals surface area contributed by atoms with Gasteiger partial charge in [0.1, 0.15) is 7.85 Å². The van der Waals surface area contributed by atoms with Crippen molar-refractivity contribution in [3.63, 3.8) is 0 Å². The van der Waals surface area contributed by atoms with Crippen LogP contribution in [-0.4, -0.2) is 15.7 Å². The first-order valence-electron chi connectivity index (χ1n) is 5.50. The van der Waals surface area contributed by atoms with Crippen molar-refractivity contribution < 1.29 is 17.6 Å². The second kappa shape index (κ2) is 6.30. The van der Waals surface area contributed by atoms with E-state index in [2.05, 4.69) is 13.8 Å². The van der Waals surface area contributed by atoms with Crippen LogP contribution >= 0.6 is 0 Å². The van der Waals surface area contributed by atoms with Crippen molar-refractivity contribution in [3.05, 3.63) is 28.8 Å². The van der Waals surface area contributed by atoms with E-state index < -0.39 is 39.6 Å². The minimum atomic E-state index is -1.62. The van der Waals surface area contributed by atoms with Crippen LogP contribution < -0.4 is 5.46 Å². The predicted octanol–water partition coefficient (Wildman–Crippen LogP) is 2.86. The van der Waals surface area contributed by atoms with Crippen LogP contribution in [0.4, 0.5) is 17.6 Å². The first kappa shape index (κ1) is 17.1. The third kappa shape index (κ3) is 3.53. The van der Waals surface area contributed by atoms with Crippen molar-refractivity contribution in [2.24, 2.45) is 0 Å². The number of benzene rings is 1. The highest BCUT2D eigenvalue weighted by atomic mass is 19.2. The molecular weight excluding hydrogens is 242 g/mol. The molecule has 0 spiro atoms. The Morgan fingerprint density at radius 3 is 1.39 bits per heavy atom. The molecule has 0 aliphatic rings. The summed E-state index contributed by atoms with van der Waals surface area (Å²) in [6.45, 7) is 6.70. The first-order chi connectivity index (χ1) is 8.09. The summed E-state index contributed by atoms with van der Waals surface area (Å²) in [5.41, 5.74) is -2.04. The van der Waals surface area contributed by atoms with Crippen molar-refractivity contribution in [3.8, 4) is 0 Å².